The van der Waals surface area contributed by atoms with Crippen LogP contribution in [-0.2, 0) is 24.3 Å². The third kappa shape index (κ3) is 4.31. The van der Waals surface area contributed by atoms with Crippen LogP contribution in [0.25, 0.3) is 0 Å². The highest BCUT2D eigenvalue weighted by Crippen LogP contribution is 2.13. The Morgan fingerprint density at radius 3 is 2.84 bits per heavy atom. The van der Waals surface area contributed by atoms with Gasteiger partial charge >= 0.3 is 5.69 Å². The van der Waals surface area contributed by atoms with Gasteiger partial charge in [0.15, 0.2) is 0 Å². The summed E-state index contributed by atoms with van der Waals surface area (Å²) in [5, 5.41) is 7.45. The summed E-state index contributed by atoms with van der Waals surface area (Å²) in [6.45, 7) is 0.870. The SMILES string of the molecule is CSCC(=O)NC1CCc2nn(Cc3ccc(F)cc3)c(=O)n2CC1. The number of amides is 1. The average molecular weight is 364 g/mol. The molecule has 0 spiro atoms. The molecule has 0 fully saturated rings. The highest BCUT2D eigenvalue weighted by molar-refractivity contribution is 7.99. The van der Waals surface area contributed by atoms with Crippen LogP contribution < -0.4 is 11.0 Å². The maximum Gasteiger partial charge on any atom is 0.346 e. The lowest BCUT2D eigenvalue weighted by atomic mass is 10.1. The number of carbonyl (C=O) groups excluding carboxylic acids is 1. The number of fused-ring (bicyclic) bond motifs is 1. The first-order valence-electron chi connectivity index (χ1n) is 8.26. The van der Waals surface area contributed by atoms with Gasteiger partial charge in [-0.05, 0) is 36.8 Å². The summed E-state index contributed by atoms with van der Waals surface area (Å²) in [6.07, 6.45) is 4.03. The fourth-order valence-electron chi connectivity index (χ4n) is 3.04. The summed E-state index contributed by atoms with van der Waals surface area (Å²) in [5.74, 6) is 0.928. The number of rotatable bonds is 5. The highest BCUT2D eigenvalue weighted by atomic mass is 32.2. The third-order valence-electron chi connectivity index (χ3n) is 4.30. The van der Waals surface area contributed by atoms with Crippen LogP contribution in [0.15, 0.2) is 29.1 Å². The molecular formula is C17H21FN4O2S. The van der Waals surface area contributed by atoms with Crippen LogP contribution in [0.3, 0.4) is 0 Å². The van der Waals surface area contributed by atoms with Gasteiger partial charge in [-0.25, -0.2) is 13.9 Å². The van der Waals surface area contributed by atoms with Crippen molar-refractivity contribution >= 4 is 17.7 Å². The first-order chi connectivity index (χ1) is 12.1. The fraction of sp³-hybridized carbons (Fsp3) is 0.471. The van der Waals surface area contributed by atoms with E-state index in [2.05, 4.69) is 10.4 Å². The van der Waals surface area contributed by atoms with E-state index in [0.29, 0.717) is 25.3 Å². The van der Waals surface area contributed by atoms with Crippen molar-refractivity contribution in [2.75, 3.05) is 12.0 Å². The molecule has 1 aromatic heterocycles. The van der Waals surface area contributed by atoms with Crippen LogP contribution in [0.4, 0.5) is 4.39 Å². The van der Waals surface area contributed by atoms with Crippen molar-refractivity contribution < 1.29 is 9.18 Å². The minimum atomic E-state index is -0.300. The van der Waals surface area contributed by atoms with E-state index >= 15 is 0 Å². The van der Waals surface area contributed by atoms with Crippen molar-refractivity contribution in [1.82, 2.24) is 19.7 Å². The average Bonchev–Trinajstić information content (AvgIpc) is 2.75. The van der Waals surface area contributed by atoms with E-state index in [4.69, 9.17) is 0 Å². The number of nitrogens with one attached hydrogen (secondary N) is 1. The molecule has 1 unspecified atom stereocenters. The second-order valence-electron chi connectivity index (χ2n) is 6.16. The van der Waals surface area contributed by atoms with Crippen molar-refractivity contribution in [1.29, 1.82) is 0 Å². The largest absolute Gasteiger partial charge is 0.353 e. The zero-order valence-corrected chi connectivity index (χ0v) is 14.9. The number of benzene rings is 1. The van der Waals surface area contributed by atoms with E-state index < -0.39 is 0 Å². The van der Waals surface area contributed by atoms with E-state index in [0.717, 1.165) is 24.2 Å². The number of thioether (sulfide) groups is 1. The molecule has 1 N–H and O–H groups in total. The molecule has 1 aliphatic heterocycles. The molecule has 6 nitrogen and oxygen atoms in total. The van der Waals surface area contributed by atoms with Crippen molar-refractivity contribution in [3.05, 3.63) is 52.0 Å². The molecule has 0 aliphatic carbocycles. The zero-order chi connectivity index (χ0) is 17.8. The zero-order valence-electron chi connectivity index (χ0n) is 14.1. The minimum Gasteiger partial charge on any atom is -0.353 e. The topological polar surface area (TPSA) is 68.9 Å². The lowest BCUT2D eigenvalue weighted by Crippen LogP contribution is -2.36. The van der Waals surface area contributed by atoms with Crippen LogP contribution in [0.1, 0.15) is 24.2 Å². The molecule has 1 aliphatic rings. The van der Waals surface area contributed by atoms with E-state index in [-0.39, 0.29) is 23.5 Å². The van der Waals surface area contributed by atoms with E-state index in [1.54, 1.807) is 16.7 Å². The number of halogens is 1. The van der Waals surface area contributed by atoms with Crippen LogP contribution in [0, 0.1) is 5.82 Å². The Labute approximate surface area is 149 Å². The molecule has 8 heteroatoms. The first-order valence-corrected chi connectivity index (χ1v) is 9.65. The van der Waals surface area contributed by atoms with E-state index in [1.807, 2.05) is 6.26 Å². The molecule has 2 aromatic rings. The summed E-state index contributed by atoms with van der Waals surface area (Å²) in [6, 6.07) is 6.14. The Hall–Kier alpha value is -2.09. The maximum atomic E-state index is 13.0. The summed E-state index contributed by atoms with van der Waals surface area (Å²) < 4.78 is 16.1. The van der Waals surface area contributed by atoms with Gasteiger partial charge in [0.05, 0.1) is 12.3 Å². The van der Waals surface area contributed by atoms with Gasteiger partial charge in [-0.15, -0.1) is 0 Å². The lowest BCUT2D eigenvalue weighted by molar-refractivity contribution is -0.119. The molecule has 134 valence electrons. The minimum absolute atomic E-state index is 0.0331. The van der Waals surface area contributed by atoms with Crippen LogP contribution in [-0.4, -0.2) is 38.3 Å². The number of nitrogens with zero attached hydrogens (tertiary/aromatic N) is 3. The Bertz CT molecular complexity index is 800. The molecule has 1 aromatic carbocycles. The van der Waals surface area contributed by atoms with Gasteiger partial charge in [0.25, 0.3) is 0 Å². The molecule has 3 rings (SSSR count). The molecule has 0 saturated carbocycles. The van der Waals surface area contributed by atoms with E-state index in [1.165, 1.54) is 28.6 Å². The number of hydrogen-bond acceptors (Lipinski definition) is 4. The lowest BCUT2D eigenvalue weighted by Gasteiger charge is -2.15. The Kier molecular flexibility index (Phi) is 5.57. The second kappa shape index (κ2) is 7.86. The Morgan fingerprint density at radius 1 is 1.36 bits per heavy atom. The van der Waals surface area contributed by atoms with Gasteiger partial charge in [0.2, 0.25) is 5.91 Å². The molecule has 25 heavy (non-hydrogen) atoms. The Morgan fingerprint density at radius 2 is 2.12 bits per heavy atom. The third-order valence-corrected chi connectivity index (χ3v) is 4.85. The second-order valence-corrected chi connectivity index (χ2v) is 7.03. The standard InChI is InChI=1S/C17H21FN4O2S/c1-25-11-16(23)19-14-6-7-15-20-22(17(24)21(15)9-8-14)10-12-2-4-13(18)5-3-12/h2-5,14H,6-11H2,1H3,(H,19,23). The summed E-state index contributed by atoms with van der Waals surface area (Å²) >= 11 is 1.49. The van der Waals surface area contributed by atoms with Crippen LogP contribution >= 0.6 is 11.8 Å². The first kappa shape index (κ1) is 17.7. The molecule has 0 radical (unpaired) electrons. The number of hydrogen-bond donors (Lipinski definition) is 1. The predicted octanol–water partition coefficient (Wildman–Crippen LogP) is 1.42. The van der Waals surface area contributed by atoms with Gasteiger partial charge in [-0.2, -0.15) is 16.9 Å². The van der Waals surface area contributed by atoms with Crippen molar-refractivity contribution in [2.24, 2.45) is 0 Å². The quantitative estimate of drug-likeness (QED) is 0.871. The van der Waals surface area contributed by atoms with Crippen molar-refractivity contribution in [2.45, 2.75) is 38.4 Å². The summed E-state index contributed by atoms with van der Waals surface area (Å²) in [7, 11) is 0. The smallest absolute Gasteiger partial charge is 0.346 e. The van der Waals surface area contributed by atoms with Crippen molar-refractivity contribution in [3.8, 4) is 0 Å². The summed E-state index contributed by atoms with van der Waals surface area (Å²) in [5.41, 5.74) is 0.675. The van der Waals surface area contributed by atoms with Crippen LogP contribution in [0.2, 0.25) is 0 Å². The van der Waals surface area contributed by atoms with E-state index in [9.17, 15) is 14.0 Å². The molecule has 1 amide bonds. The van der Waals surface area contributed by atoms with Crippen LogP contribution in [0.5, 0.6) is 0 Å². The number of aryl methyl sites for hydroxylation is 1. The van der Waals surface area contributed by atoms with Gasteiger partial charge in [-0.1, -0.05) is 12.1 Å². The fourth-order valence-corrected chi connectivity index (χ4v) is 3.38. The van der Waals surface area contributed by atoms with Gasteiger partial charge in [0, 0.05) is 19.0 Å². The number of aromatic nitrogens is 3. The molecule has 1 atom stereocenters. The summed E-state index contributed by atoms with van der Waals surface area (Å²) in [4.78, 5) is 24.3. The predicted molar refractivity (Wildman–Crippen MR) is 95.2 cm³/mol. The van der Waals surface area contributed by atoms with Crippen molar-refractivity contribution in [3.63, 3.8) is 0 Å². The van der Waals surface area contributed by atoms with Gasteiger partial charge in [0.1, 0.15) is 11.6 Å². The number of carbonyl (C=O) groups is 1. The normalized spacial score (nSPS) is 17.0. The molecule has 0 saturated heterocycles. The highest BCUT2D eigenvalue weighted by Gasteiger charge is 2.22. The van der Waals surface area contributed by atoms with Gasteiger partial charge in [-0.3, -0.25) is 9.36 Å². The molecule has 0 bridgehead atoms. The van der Waals surface area contributed by atoms with Gasteiger partial charge < -0.3 is 5.32 Å². The monoisotopic (exact) mass is 364 g/mol. The maximum absolute atomic E-state index is 13.0. The Balaban J connectivity index is 1.69. The molecule has 2 heterocycles. The molecular weight excluding hydrogens is 343 g/mol.